The Labute approximate surface area is 124 Å². The molecule has 0 atom stereocenters. The minimum atomic E-state index is -4.42. The maximum atomic E-state index is 12.7. The summed E-state index contributed by atoms with van der Waals surface area (Å²) in [5.74, 6) is 0.282. The van der Waals surface area contributed by atoms with Crippen LogP contribution < -0.4 is 0 Å². The molecule has 0 unspecified atom stereocenters. The maximum absolute atomic E-state index is 12.7. The number of carbonyl (C=O) groups excluding carboxylic acids is 1. The molecule has 2 rings (SSSR count). The number of hydrogen-bond acceptors (Lipinski definition) is 1. The second kappa shape index (κ2) is 5.88. The smallest absolute Gasteiger partial charge is 0.294 e. The molecule has 1 aliphatic rings. The van der Waals surface area contributed by atoms with Crippen LogP contribution >= 0.6 is 15.9 Å². The van der Waals surface area contributed by atoms with Crippen molar-refractivity contribution in [1.29, 1.82) is 0 Å². The van der Waals surface area contributed by atoms with Crippen LogP contribution in [0.2, 0.25) is 0 Å². The van der Waals surface area contributed by atoms with Crippen molar-refractivity contribution in [3.8, 4) is 0 Å². The number of carbonyl (C=O) groups is 1. The van der Waals surface area contributed by atoms with E-state index in [9.17, 15) is 18.0 Å². The average molecular weight is 349 g/mol. The summed E-state index contributed by atoms with van der Waals surface area (Å²) in [6.07, 6.45) is -0.956. The van der Waals surface area contributed by atoms with Crippen LogP contribution in [0.25, 0.3) is 0 Å². The molecule has 0 N–H and O–H groups in total. The quantitative estimate of drug-likeness (QED) is 0.647. The van der Waals surface area contributed by atoms with Gasteiger partial charge in [0.05, 0.1) is 5.56 Å². The molecule has 1 aliphatic carbocycles. The van der Waals surface area contributed by atoms with Gasteiger partial charge in [0.2, 0.25) is 0 Å². The average Bonchev–Trinajstić information content (AvgIpc) is 2.38. The number of alkyl halides is 3. The van der Waals surface area contributed by atoms with Crippen LogP contribution in [0.1, 0.15) is 48.5 Å². The van der Waals surface area contributed by atoms with Crippen LogP contribution in [-0.4, -0.2) is 5.78 Å². The first-order chi connectivity index (χ1) is 9.29. The van der Waals surface area contributed by atoms with E-state index in [0.29, 0.717) is 10.4 Å². The van der Waals surface area contributed by atoms with Crippen LogP contribution in [0.5, 0.6) is 0 Å². The summed E-state index contributed by atoms with van der Waals surface area (Å²) in [5.41, 5.74) is -0.618. The molecule has 5 heteroatoms. The summed E-state index contributed by atoms with van der Waals surface area (Å²) in [6, 6.07) is 3.26. The van der Waals surface area contributed by atoms with E-state index >= 15 is 0 Å². The topological polar surface area (TPSA) is 17.1 Å². The maximum Gasteiger partial charge on any atom is 0.416 e. The van der Waals surface area contributed by atoms with Gasteiger partial charge in [0, 0.05) is 16.0 Å². The zero-order valence-electron chi connectivity index (χ0n) is 11.1. The van der Waals surface area contributed by atoms with Crippen molar-refractivity contribution in [3.05, 3.63) is 33.8 Å². The SMILES string of the molecule is CC1CCC(C(=O)c2cc(C(F)(F)F)ccc2Br)CC1. The molecule has 0 bridgehead atoms. The molecule has 20 heavy (non-hydrogen) atoms. The molecule has 0 amide bonds. The van der Waals surface area contributed by atoms with E-state index in [4.69, 9.17) is 0 Å². The first kappa shape index (κ1) is 15.5. The first-order valence-electron chi connectivity index (χ1n) is 6.70. The Morgan fingerprint density at radius 2 is 1.80 bits per heavy atom. The van der Waals surface area contributed by atoms with Crippen LogP contribution in [0.15, 0.2) is 22.7 Å². The Hall–Kier alpha value is -0.840. The third kappa shape index (κ3) is 3.43. The molecule has 1 aromatic carbocycles. The lowest BCUT2D eigenvalue weighted by atomic mass is 9.79. The Bertz CT molecular complexity index is 502. The second-order valence-electron chi connectivity index (χ2n) is 5.51. The van der Waals surface area contributed by atoms with E-state index in [1.807, 2.05) is 0 Å². The molecule has 0 saturated heterocycles. The molecule has 1 fully saturated rings. The third-order valence-electron chi connectivity index (χ3n) is 3.95. The van der Waals surface area contributed by atoms with Gasteiger partial charge >= 0.3 is 6.18 Å². The lowest BCUT2D eigenvalue weighted by Crippen LogP contribution is -2.21. The van der Waals surface area contributed by atoms with Crippen LogP contribution in [0.3, 0.4) is 0 Å². The third-order valence-corrected chi connectivity index (χ3v) is 4.64. The highest BCUT2D eigenvalue weighted by molar-refractivity contribution is 9.10. The minimum absolute atomic E-state index is 0.147. The first-order valence-corrected chi connectivity index (χ1v) is 7.49. The summed E-state index contributed by atoms with van der Waals surface area (Å²) in [4.78, 5) is 12.4. The van der Waals surface area contributed by atoms with E-state index in [1.54, 1.807) is 0 Å². The number of ketones is 1. The van der Waals surface area contributed by atoms with Gasteiger partial charge in [-0.05, 0) is 37.0 Å². The summed E-state index contributed by atoms with van der Waals surface area (Å²) < 4.78 is 38.6. The monoisotopic (exact) mass is 348 g/mol. The standard InChI is InChI=1S/C15H16BrF3O/c1-9-2-4-10(5-3-9)14(20)12-8-11(15(17,18)19)6-7-13(12)16/h6-10H,2-5H2,1H3. The summed E-state index contributed by atoms with van der Waals surface area (Å²) in [5, 5.41) is 0. The van der Waals surface area contributed by atoms with Crippen molar-refractivity contribution >= 4 is 21.7 Å². The molecule has 1 nitrogen and oxygen atoms in total. The molecular formula is C15H16BrF3O. The molecule has 1 aromatic rings. The Balaban J connectivity index is 2.25. The Morgan fingerprint density at radius 3 is 2.35 bits per heavy atom. The summed E-state index contributed by atoms with van der Waals surface area (Å²) >= 11 is 3.19. The van der Waals surface area contributed by atoms with Crippen molar-refractivity contribution < 1.29 is 18.0 Å². The van der Waals surface area contributed by atoms with Crippen LogP contribution in [0, 0.1) is 11.8 Å². The Morgan fingerprint density at radius 1 is 1.20 bits per heavy atom. The normalized spacial score (nSPS) is 23.6. The molecule has 0 heterocycles. The van der Waals surface area contributed by atoms with Crippen molar-refractivity contribution in [1.82, 2.24) is 0 Å². The summed E-state index contributed by atoms with van der Waals surface area (Å²) in [7, 11) is 0. The van der Waals surface area contributed by atoms with Crippen molar-refractivity contribution in [2.75, 3.05) is 0 Å². The van der Waals surface area contributed by atoms with E-state index < -0.39 is 11.7 Å². The molecule has 0 radical (unpaired) electrons. The highest BCUT2D eigenvalue weighted by atomic mass is 79.9. The van der Waals surface area contributed by atoms with Gasteiger partial charge in [-0.1, -0.05) is 35.7 Å². The Kier molecular flexibility index (Phi) is 4.57. The van der Waals surface area contributed by atoms with E-state index in [-0.39, 0.29) is 17.3 Å². The van der Waals surface area contributed by atoms with Gasteiger partial charge in [-0.25, -0.2) is 0 Å². The van der Waals surface area contributed by atoms with Crippen molar-refractivity contribution in [3.63, 3.8) is 0 Å². The number of Topliss-reactive ketones (excluding diaryl/α,β-unsaturated/α-hetero) is 1. The zero-order chi connectivity index (χ0) is 14.9. The molecular weight excluding hydrogens is 333 g/mol. The van der Waals surface area contributed by atoms with Crippen molar-refractivity contribution in [2.24, 2.45) is 11.8 Å². The molecule has 0 spiro atoms. The highest BCUT2D eigenvalue weighted by Gasteiger charge is 2.33. The van der Waals surface area contributed by atoms with Gasteiger partial charge in [-0.2, -0.15) is 13.2 Å². The lowest BCUT2D eigenvalue weighted by molar-refractivity contribution is -0.137. The molecule has 0 aromatic heterocycles. The lowest BCUT2D eigenvalue weighted by Gasteiger charge is -2.25. The van der Waals surface area contributed by atoms with Gasteiger partial charge in [0.25, 0.3) is 0 Å². The highest BCUT2D eigenvalue weighted by Crippen LogP contribution is 2.35. The van der Waals surface area contributed by atoms with E-state index in [1.165, 1.54) is 6.07 Å². The van der Waals surface area contributed by atoms with Crippen LogP contribution in [0.4, 0.5) is 13.2 Å². The van der Waals surface area contributed by atoms with Gasteiger partial charge < -0.3 is 0 Å². The number of halogens is 4. The van der Waals surface area contributed by atoms with Gasteiger partial charge in [0.15, 0.2) is 5.78 Å². The minimum Gasteiger partial charge on any atom is -0.294 e. The zero-order valence-corrected chi connectivity index (χ0v) is 12.7. The fourth-order valence-corrected chi connectivity index (χ4v) is 3.07. The van der Waals surface area contributed by atoms with E-state index in [2.05, 4.69) is 22.9 Å². The molecule has 110 valence electrons. The predicted molar refractivity (Wildman–Crippen MR) is 74.6 cm³/mol. The summed E-state index contributed by atoms with van der Waals surface area (Å²) in [6.45, 7) is 2.14. The predicted octanol–water partition coefficient (Wildman–Crippen LogP) is 5.48. The number of benzene rings is 1. The molecule has 0 aliphatic heterocycles. The van der Waals surface area contributed by atoms with Gasteiger partial charge in [-0.3, -0.25) is 4.79 Å². The largest absolute Gasteiger partial charge is 0.416 e. The van der Waals surface area contributed by atoms with Crippen molar-refractivity contribution in [2.45, 2.75) is 38.8 Å². The fourth-order valence-electron chi connectivity index (χ4n) is 2.63. The number of hydrogen-bond donors (Lipinski definition) is 0. The van der Waals surface area contributed by atoms with E-state index in [0.717, 1.165) is 37.8 Å². The van der Waals surface area contributed by atoms with Gasteiger partial charge in [-0.15, -0.1) is 0 Å². The fraction of sp³-hybridized carbons (Fsp3) is 0.533. The van der Waals surface area contributed by atoms with Crippen LogP contribution in [-0.2, 0) is 6.18 Å². The second-order valence-corrected chi connectivity index (χ2v) is 6.37. The molecule has 1 saturated carbocycles. The van der Waals surface area contributed by atoms with Gasteiger partial charge in [0.1, 0.15) is 0 Å². The number of rotatable bonds is 2.